The van der Waals surface area contributed by atoms with E-state index >= 15 is 0 Å². The molecule has 0 bridgehead atoms. The zero-order valence-electron chi connectivity index (χ0n) is 113. The summed E-state index contributed by atoms with van der Waals surface area (Å²) in [5.74, 6) is -1.88. The summed E-state index contributed by atoms with van der Waals surface area (Å²) < 4.78 is 452. The van der Waals surface area contributed by atoms with Crippen molar-refractivity contribution in [2.45, 2.75) is 126 Å². The second-order valence-corrected chi connectivity index (χ2v) is 29.3. The summed E-state index contributed by atoms with van der Waals surface area (Å²) in [4.78, 5) is 7.00. The quantitative estimate of drug-likeness (QED) is 0.0462. The van der Waals surface area contributed by atoms with Crippen molar-refractivity contribution in [3.05, 3.63) is 381 Å². The summed E-state index contributed by atoms with van der Waals surface area (Å²) >= 11 is 0. The van der Waals surface area contributed by atoms with Crippen LogP contribution >= 0.6 is 0 Å². The Hall–Kier alpha value is -11.3. The third kappa shape index (κ3) is 23.8. The molecule has 0 unspecified atom stereocenters. The number of hydrogen-bond donors (Lipinski definition) is 0. The third-order valence-corrected chi connectivity index (χ3v) is 20.6. The lowest BCUT2D eigenvalue weighted by molar-refractivity contribution is -0.0331. The molecular formula is C108H116N4O12. The minimum Gasteiger partial charge on any atom is -0.454 e. The number of nitrogens with zero attached hydrogens (tertiary/aromatic N) is 4. The molecule has 0 N–H and O–H groups in total. The Morgan fingerprint density at radius 1 is 0.290 bits per heavy atom. The SMILES string of the molecule is [2H]c1c([2H])c(C([2H])([2H])CN2CCC[C@@H](OC([2H])(c3ccccc3)c3ccccc3)C2)c([2H])c2c1OC([2H])([2H])O2.[2H]c1c([2H])c(C([2H])([2H])CN2CCC[C@@H](OC([2H])(c3ccccc3)c3ccccc3)C2)c([2H])c2c1OCO2.[2H]c1c([2H])c([2H])c(C(O[C@@H]2CCCN(CC([2H])([2H])c3c([2H])c([2H])c4c(c3[2H])OC([2H])([2H])O4)C2)c2c([2H])c([2H])c([2H])c([2H])c2[2H])c([2H])c1[2H].[2H]c1c([2H])c([2H])c(C(O[C@@H]2CCCN(CC([2H])([2H])c3c([2H])c([2H])c4c(c3[2H])OCO4)C2)c2c([2H])c([2H])c([2H])c([2H])c2[2H])c([2H])c1[2H]. The van der Waals surface area contributed by atoms with Crippen LogP contribution in [0.2, 0.25) is 0 Å². The van der Waals surface area contributed by atoms with Crippen LogP contribution in [-0.4, -0.2) is 150 Å². The molecule has 20 rings (SSSR count). The molecule has 16 nitrogen and oxygen atoms in total. The van der Waals surface area contributed by atoms with Gasteiger partial charge in [0.1, 0.15) is 29.9 Å². The van der Waals surface area contributed by atoms with E-state index in [9.17, 15) is 2.74 Å². The molecule has 0 aromatic heterocycles. The third-order valence-electron chi connectivity index (χ3n) is 20.6. The predicted octanol–water partition coefficient (Wildman–Crippen LogP) is 20.9. The van der Waals surface area contributed by atoms with E-state index in [4.69, 9.17) is 117 Å². The largest absolute Gasteiger partial charge is 0.454 e. The molecule has 4 saturated heterocycles. The standard InChI is InChI=1S/4C27H29NO3/c4*1-3-8-22(9-4-1)27(23-10-5-2-6-11-23)31-24-12-7-16-28(19-24)17-15-21-13-14-25-26(18-21)30-20-29-25/h4*1-6,8-11,13-14,18,24,27H,7,12,15-17,19-20H2/t4*24-/m1111/s1/i1D,2D,3D,4D,5D,6D,8D,9D,10D,11D,13D,14D,15D2,18D,20D2;1D,2D,3D,4D,5D,6D,8D,9D,10D,11D,13D,14D,15D2,18D;13D,14D,15D2,18D,20D2,27D;13D,14D,15D2,18D,27D. The van der Waals surface area contributed by atoms with Crippen molar-refractivity contribution in [3.8, 4) is 46.0 Å². The van der Waals surface area contributed by atoms with Gasteiger partial charge >= 0.3 is 0 Å². The average Bonchev–Trinajstić information content (AvgIpc) is 1.61. The van der Waals surface area contributed by atoms with Gasteiger partial charge in [-0.3, -0.25) is 0 Å². The summed E-state index contributed by atoms with van der Waals surface area (Å²) in [6.45, 7) is -4.18. The molecule has 640 valence electrons. The van der Waals surface area contributed by atoms with E-state index in [1.54, 1.807) is 9.80 Å². The van der Waals surface area contributed by atoms with Gasteiger partial charge in [-0.25, -0.2) is 0 Å². The van der Waals surface area contributed by atoms with E-state index in [2.05, 4.69) is 0 Å². The Kier molecular flexibility index (Phi) is 16.3. The maximum absolute atomic E-state index is 9.36. The molecule has 16 heteroatoms. The minimum atomic E-state index is -2.71. The number of rotatable bonds is 28. The van der Waals surface area contributed by atoms with Crippen molar-refractivity contribution in [2.75, 3.05) is 106 Å². The monoisotopic (exact) mass is 1710 g/mol. The molecule has 124 heavy (non-hydrogen) atoms. The fraction of sp³-hybridized carbons (Fsp3) is 0.333. The van der Waals surface area contributed by atoms with E-state index in [0.29, 0.717) is 88.9 Å². The lowest BCUT2D eigenvalue weighted by Gasteiger charge is -2.35. The Labute approximate surface area is 796 Å². The number of ether oxygens (including phenoxy) is 12. The molecule has 0 amide bonds. The van der Waals surface area contributed by atoms with Crippen molar-refractivity contribution >= 4 is 0 Å². The maximum Gasteiger partial charge on any atom is 0.231 e. The zero-order valence-corrected chi connectivity index (χ0v) is 67.3. The Morgan fingerprint density at radius 2 is 0.532 bits per heavy atom. The van der Waals surface area contributed by atoms with E-state index in [1.165, 1.54) is 0 Å². The van der Waals surface area contributed by atoms with Gasteiger partial charge in [-0.2, -0.15) is 0 Å². The number of benzene rings is 12. The van der Waals surface area contributed by atoms with Gasteiger partial charge in [0.2, 0.25) is 27.1 Å². The number of piperidine rings is 4. The lowest BCUT2D eigenvalue weighted by atomic mass is 10.00. The summed E-state index contributed by atoms with van der Waals surface area (Å²) in [6, 6.07) is 18.0. The molecule has 0 spiro atoms. The highest BCUT2D eigenvalue weighted by Crippen LogP contribution is 2.40. The van der Waals surface area contributed by atoms with Gasteiger partial charge in [-0.1, -0.05) is 266 Å². The summed E-state index contributed by atoms with van der Waals surface area (Å²) in [6.07, 6.45) is -13.4. The molecule has 0 saturated carbocycles. The first-order valence-electron chi connectivity index (χ1n) is 63.7. The van der Waals surface area contributed by atoms with Crippen LogP contribution in [0.5, 0.6) is 46.0 Å². The highest BCUT2D eigenvalue weighted by Gasteiger charge is 2.32. The van der Waals surface area contributed by atoms with Gasteiger partial charge in [-0.05, 0) is 218 Å². The predicted molar refractivity (Wildman–Crippen MR) is 486 cm³/mol. The molecule has 0 aliphatic carbocycles. The molecule has 0 radical (unpaired) electrons. The van der Waals surface area contributed by atoms with Crippen molar-refractivity contribution in [3.63, 3.8) is 0 Å². The van der Waals surface area contributed by atoms with Gasteiger partial charge in [0.25, 0.3) is 0 Å². The van der Waals surface area contributed by atoms with E-state index in [0.717, 1.165) is 24.0 Å². The number of likely N-dealkylation sites (tertiary alicyclic amines) is 4. The Morgan fingerprint density at radius 3 is 0.815 bits per heavy atom. The van der Waals surface area contributed by atoms with E-state index in [1.807, 2.05) is 131 Å². The van der Waals surface area contributed by atoms with Gasteiger partial charge < -0.3 is 76.4 Å². The number of fused-ring (bicyclic) bond motifs is 4. The van der Waals surface area contributed by atoms with Crippen LogP contribution < -0.4 is 37.9 Å². The maximum atomic E-state index is 9.36. The first kappa shape index (κ1) is 46.1. The van der Waals surface area contributed by atoms with E-state index in [-0.39, 0.29) is 128 Å². The van der Waals surface area contributed by atoms with Gasteiger partial charge in [0, 0.05) is 63.3 Å². The summed E-state index contributed by atoms with van der Waals surface area (Å²) in [7, 11) is 0. The molecule has 12 aromatic rings. The second kappa shape index (κ2) is 43.9. The Bertz CT molecular complexity index is 7640. The van der Waals surface area contributed by atoms with Crippen LogP contribution in [0.1, 0.15) is 206 Å². The van der Waals surface area contributed by atoms with Crippen LogP contribution in [0, 0.1) is 0 Å². The first-order valence-corrected chi connectivity index (χ1v) is 40.7. The second-order valence-electron chi connectivity index (χ2n) is 29.3. The summed E-state index contributed by atoms with van der Waals surface area (Å²) in [5.41, 5.74) is -0.268. The molecule has 8 aliphatic rings. The highest BCUT2D eigenvalue weighted by molar-refractivity contribution is 5.48. The topological polar surface area (TPSA) is 124 Å². The van der Waals surface area contributed by atoms with Crippen molar-refractivity contribution in [1.29, 1.82) is 0 Å². The normalized spacial score (nSPS) is 25.1. The summed E-state index contributed by atoms with van der Waals surface area (Å²) in [5, 5.41) is 0. The zero-order chi connectivity index (χ0) is 124. The first-order chi connectivity index (χ1) is 79.8. The van der Waals surface area contributed by atoms with Crippen LogP contribution in [0.3, 0.4) is 0 Å². The fourth-order valence-corrected chi connectivity index (χ4v) is 14.7. The molecule has 8 heterocycles. The number of hydrogen-bond acceptors (Lipinski definition) is 16. The highest BCUT2D eigenvalue weighted by atomic mass is 16.7. The fourth-order valence-electron chi connectivity index (χ4n) is 14.7. The van der Waals surface area contributed by atoms with E-state index < -0.39 is 297 Å². The van der Waals surface area contributed by atoms with Gasteiger partial charge in [-0.15, -0.1) is 0 Å². The van der Waals surface area contributed by atoms with Crippen LogP contribution in [0.25, 0.3) is 0 Å². The molecule has 8 aliphatic heterocycles. The van der Waals surface area contributed by atoms with Crippen LogP contribution in [-0.2, 0) is 44.4 Å². The van der Waals surface area contributed by atoms with Gasteiger partial charge in [0.15, 0.2) is 46.0 Å². The molecular weight excluding hydrogens is 1550 g/mol. The molecule has 12 aromatic carbocycles. The van der Waals surface area contributed by atoms with Crippen molar-refractivity contribution in [1.82, 2.24) is 19.6 Å². The van der Waals surface area contributed by atoms with Crippen molar-refractivity contribution < 1.29 is 120 Å². The Balaban J connectivity index is 0.000000151. The van der Waals surface area contributed by atoms with Crippen molar-refractivity contribution in [2.24, 2.45) is 0 Å². The minimum absolute atomic E-state index is 0.0180. The van der Waals surface area contributed by atoms with Gasteiger partial charge in [0.05, 0.1) is 71.0 Å². The van der Waals surface area contributed by atoms with Crippen LogP contribution in [0.15, 0.2) is 315 Å². The lowest BCUT2D eigenvalue weighted by Crippen LogP contribution is -2.41. The van der Waals surface area contributed by atoms with Crippen LogP contribution in [0.4, 0.5) is 0 Å². The molecule has 4 atom stereocenters. The average molecular weight is 1710 g/mol. The smallest absolute Gasteiger partial charge is 0.231 e. The molecule has 4 fully saturated rings.